The third-order valence-electron chi connectivity index (χ3n) is 2.43. The molecule has 2 unspecified atom stereocenters. The quantitative estimate of drug-likeness (QED) is 0.622. The predicted octanol–water partition coefficient (Wildman–Crippen LogP) is 2.46. The molecule has 0 saturated carbocycles. The maximum absolute atomic E-state index is 9.56. The first kappa shape index (κ1) is 12.9. The van der Waals surface area contributed by atoms with E-state index in [1.54, 1.807) is 0 Å². The van der Waals surface area contributed by atoms with Gasteiger partial charge >= 0.3 is 0 Å². The molecule has 1 N–H and O–H groups in total. The van der Waals surface area contributed by atoms with Crippen LogP contribution in [0.15, 0.2) is 0 Å². The maximum atomic E-state index is 9.56. The minimum absolute atomic E-state index is 0.294. The van der Waals surface area contributed by atoms with E-state index in [0.717, 1.165) is 19.4 Å². The van der Waals surface area contributed by atoms with E-state index in [1.807, 2.05) is 0 Å². The van der Waals surface area contributed by atoms with Crippen LogP contribution in [-0.4, -0.2) is 24.4 Å². The largest absolute Gasteiger partial charge is 0.390 e. The van der Waals surface area contributed by atoms with Crippen molar-refractivity contribution in [1.29, 1.82) is 0 Å². The van der Waals surface area contributed by atoms with Crippen molar-refractivity contribution in [2.75, 3.05) is 13.2 Å². The summed E-state index contributed by atoms with van der Waals surface area (Å²) in [5.41, 5.74) is 0. The fourth-order valence-electron chi connectivity index (χ4n) is 0.959. The van der Waals surface area contributed by atoms with Crippen molar-refractivity contribution in [2.45, 2.75) is 46.6 Å². The number of aliphatic hydroxyl groups is 1. The Labute approximate surface area is 82.3 Å². The molecule has 2 atom stereocenters. The molecule has 0 aliphatic heterocycles. The zero-order valence-electron chi connectivity index (χ0n) is 9.42. The molecule has 2 nitrogen and oxygen atoms in total. The summed E-state index contributed by atoms with van der Waals surface area (Å²) >= 11 is 0. The fraction of sp³-hybridized carbons (Fsp3) is 1.00. The van der Waals surface area contributed by atoms with Gasteiger partial charge in [0.2, 0.25) is 0 Å². The number of rotatable bonds is 7. The lowest BCUT2D eigenvalue weighted by Gasteiger charge is -2.17. The van der Waals surface area contributed by atoms with Gasteiger partial charge in [0.15, 0.2) is 0 Å². The molecule has 0 heterocycles. The van der Waals surface area contributed by atoms with E-state index in [4.69, 9.17) is 4.74 Å². The third-order valence-corrected chi connectivity index (χ3v) is 2.43. The van der Waals surface area contributed by atoms with Gasteiger partial charge in [0, 0.05) is 6.61 Å². The van der Waals surface area contributed by atoms with Crippen molar-refractivity contribution < 1.29 is 9.84 Å². The first-order valence-electron chi connectivity index (χ1n) is 5.33. The van der Waals surface area contributed by atoms with Crippen LogP contribution < -0.4 is 0 Å². The lowest BCUT2D eigenvalue weighted by molar-refractivity contribution is 0.00519. The standard InChI is InChI=1S/C11H24O2/c1-5-10(4)11(12)8-13-7-6-9(2)3/h9-12H,5-8H2,1-4H3. The Kier molecular flexibility index (Phi) is 7.29. The van der Waals surface area contributed by atoms with Crippen LogP contribution >= 0.6 is 0 Å². The molecule has 0 spiro atoms. The lowest BCUT2D eigenvalue weighted by atomic mass is 10.0. The number of hydrogen-bond acceptors (Lipinski definition) is 2. The van der Waals surface area contributed by atoms with Crippen LogP contribution in [0.3, 0.4) is 0 Å². The summed E-state index contributed by atoms with van der Waals surface area (Å²) in [6.45, 7) is 9.74. The van der Waals surface area contributed by atoms with Crippen molar-refractivity contribution in [3.8, 4) is 0 Å². The SMILES string of the molecule is CCC(C)C(O)COCCC(C)C. The van der Waals surface area contributed by atoms with E-state index in [9.17, 15) is 5.11 Å². The number of aliphatic hydroxyl groups excluding tert-OH is 1. The summed E-state index contributed by atoms with van der Waals surface area (Å²) in [4.78, 5) is 0. The van der Waals surface area contributed by atoms with Crippen LogP contribution in [0.1, 0.15) is 40.5 Å². The Bertz CT molecular complexity index is 113. The van der Waals surface area contributed by atoms with E-state index in [0.29, 0.717) is 18.4 Å². The summed E-state index contributed by atoms with van der Waals surface area (Å²) in [5.74, 6) is 1.03. The topological polar surface area (TPSA) is 29.5 Å². The second-order valence-electron chi connectivity index (χ2n) is 4.21. The van der Waals surface area contributed by atoms with Gasteiger partial charge in [-0.1, -0.05) is 34.1 Å². The molecule has 0 aromatic rings. The average Bonchev–Trinajstić information content (AvgIpc) is 2.10. The second kappa shape index (κ2) is 7.34. The van der Waals surface area contributed by atoms with Gasteiger partial charge in [-0.05, 0) is 18.3 Å². The van der Waals surface area contributed by atoms with Crippen molar-refractivity contribution >= 4 is 0 Å². The van der Waals surface area contributed by atoms with Gasteiger partial charge < -0.3 is 9.84 Å². The van der Waals surface area contributed by atoms with Gasteiger partial charge in [-0.25, -0.2) is 0 Å². The highest BCUT2D eigenvalue weighted by Gasteiger charge is 2.11. The summed E-state index contributed by atoms with van der Waals surface area (Å²) in [7, 11) is 0. The minimum atomic E-state index is -0.294. The smallest absolute Gasteiger partial charge is 0.0799 e. The van der Waals surface area contributed by atoms with E-state index >= 15 is 0 Å². The van der Waals surface area contributed by atoms with E-state index in [1.165, 1.54) is 0 Å². The first-order chi connectivity index (χ1) is 6.07. The van der Waals surface area contributed by atoms with Crippen LogP contribution in [0.2, 0.25) is 0 Å². The molecule has 0 radical (unpaired) electrons. The zero-order valence-corrected chi connectivity index (χ0v) is 9.42. The van der Waals surface area contributed by atoms with Gasteiger partial charge in [0.1, 0.15) is 0 Å². The Morgan fingerprint density at radius 2 is 1.85 bits per heavy atom. The van der Waals surface area contributed by atoms with E-state index in [2.05, 4.69) is 27.7 Å². The summed E-state index contributed by atoms with van der Waals surface area (Å²) in [6, 6.07) is 0. The Hall–Kier alpha value is -0.0800. The zero-order chi connectivity index (χ0) is 10.3. The molecule has 0 saturated heterocycles. The molecule has 80 valence electrons. The molecular formula is C11H24O2. The maximum Gasteiger partial charge on any atom is 0.0799 e. The second-order valence-corrected chi connectivity index (χ2v) is 4.21. The Balaban J connectivity index is 3.31. The van der Waals surface area contributed by atoms with Crippen molar-refractivity contribution in [2.24, 2.45) is 11.8 Å². The normalized spacial score (nSPS) is 16.2. The molecule has 0 aliphatic carbocycles. The van der Waals surface area contributed by atoms with Gasteiger partial charge in [-0.3, -0.25) is 0 Å². The molecule has 0 fully saturated rings. The van der Waals surface area contributed by atoms with Crippen LogP contribution in [0.25, 0.3) is 0 Å². The van der Waals surface area contributed by atoms with Crippen molar-refractivity contribution in [3.63, 3.8) is 0 Å². The highest BCUT2D eigenvalue weighted by atomic mass is 16.5. The molecule has 0 amide bonds. The monoisotopic (exact) mass is 188 g/mol. The number of hydrogen-bond donors (Lipinski definition) is 1. The fourth-order valence-corrected chi connectivity index (χ4v) is 0.959. The van der Waals surface area contributed by atoms with Gasteiger partial charge in [-0.2, -0.15) is 0 Å². The van der Waals surface area contributed by atoms with E-state index in [-0.39, 0.29) is 6.10 Å². The Morgan fingerprint density at radius 3 is 2.31 bits per heavy atom. The molecule has 0 aliphatic rings. The summed E-state index contributed by atoms with van der Waals surface area (Å²) in [5, 5.41) is 9.56. The van der Waals surface area contributed by atoms with Gasteiger partial charge in [0.05, 0.1) is 12.7 Å². The highest BCUT2D eigenvalue weighted by Crippen LogP contribution is 2.08. The first-order valence-corrected chi connectivity index (χ1v) is 5.33. The van der Waals surface area contributed by atoms with Gasteiger partial charge in [-0.15, -0.1) is 0 Å². The van der Waals surface area contributed by atoms with Crippen LogP contribution in [0.5, 0.6) is 0 Å². The van der Waals surface area contributed by atoms with E-state index < -0.39 is 0 Å². The van der Waals surface area contributed by atoms with Crippen LogP contribution in [0, 0.1) is 11.8 Å². The van der Waals surface area contributed by atoms with Crippen molar-refractivity contribution in [3.05, 3.63) is 0 Å². The van der Waals surface area contributed by atoms with Crippen LogP contribution in [0.4, 0.5) is 0 Å². The molecule has 0 aromatic carbocycles. The predicted molar refractivity (Wildman–Crippen MR) is 55.7 cm³/mol. The number of ether oxygens (including phenoxy) is 1. The molecule has 0 aromatic heterocycles. The molecule has 0 rings (SSSR count). The van der Waals surface area contributed by atoms with Gasteiger partial charge in [0.25, 0.3) is 0 Å². The molecular weight excluding hydrogens is 164 g/mol. The highest BCUT2D eigenvalue weighted by molar-refractivity contribution is 4.61. The Morgan fingerprint density at radius 1 is 1.23 bits per heavy atom. The van der Waals surface area contributed by atoms with Crippen LogP contribution in [-0.2, 0) is 4.74 Å². The van der Waals surface area contributed by atoms with Crippen molar-refractivity contribution in [1.82, 2.24) is 0 Å². The summed E-state index contributed by atoms with van der Waals surface area (Å²) in [6.07, 6.45) is 1.79. The average molecular weight is 188 g/mol. The molecule has 0 bridgehead atoms. The minimum Gasteiger partial charge on any atom is -0.390 e. The molecule has 2 heteroatoms. The molecule has 13 heavy (non-hydrogen) atoms. The lowest BCUT2D eigenvalue weighted by Crippen LogP contribution is -2.23. The summed E-state index contributed by atoms with van der Waals surface area (Å²) < 4.78 is 5.38. The third kappa shape index (κ3) is 7.03.